The molecule has 0 unspecified atom stereocenters. The van der Waals surface area contributed by atoms with Crippen LogP contribution in [-0.4, -0.2) is 50.8 Å². The van der Waals surface area contributed by atoms with Crippen molar-refractivity contribution in [2.75, 3.05) is 11.9 Å². The SMILES string of the molecule is CCc1sc(NC(=O)[C@@H]2C[C@@H](O)CN2C(=O)O)nc1-c1ccccc1. The zero-order valence-corrected chi connectivity index (χ0v) is 14.5. The van der Waals surface area contributed by atoms with E-state index in [1.54, 1.807) is 0 Å². The number of amides is 2. The highest BCUT2D eigenvalue weighted by atomic mass is 32.1. The summed E-state index contributed by atoms with van der Waals surface area (Å²) in [6.45, 7) is 1.96. The normalized spacial score (nSPS) is 19.8. The zero-order chi connectivity index (χ0) is 18.0. The molecule has 132 valence electrons. The van der Waals surface area contributed by atoms with Crippen LogP contribution in [0.25, 0.3) is 11.3 Å². The number of aryl methyl sites for hydroxylation is 1. The van der Waals surface area contributed by atoms with Crippen LogP contribution < -0.4 is 5.32 Å². The van der Waals surface area contributed by atoms with Gasteiger partial charge < -0.3 is 15.5 Å². The minimum atomic E-state index is -1.21. The van der Waals surface area contributed by atoms with Gasteiger partial charge in [0.15, 0.2) is 5.13 Å². The number of aromatic nitrogens is 1. The number of β-amino-alcohol motifs (C(OH)–C–C–N with tert-alkyl or cyclic N) is 1. The fourth-order valence-corrected chi connectivity index (χ4v) is 3.86. The van der Waals surface area contributed by atoms with Gasteiger partial charge >= 0.3 is 6.09 Å². The first-order valence-corrected chi connectivity index (χ1v) is 8.84. The number of likely N-dealkylation sites (tertiary alicyclic amines) is 1. The third-order valence-corrected chi connectivity index (χ3v) is 5.24. The second kappa shape index (κ2) is 7.20. The fourth-order valence-electron chi connectivity index (χ4n) is 2.93. The van der Waals surface area contributed by atoms with Crippen molar-refractivity contribution in [3.05, 3.63) is 35.2 Å². The van der Waals surface area contributed by atoms with E-state index in [0.29, 0.717) is 5.13 Å². The van der Waals surface area contributed by atoms with Gasteiger partial charge in [0.1, 0.15) is 6.04 Å². The summed E-state index contributed by atoms with van der Waals surface area (Å²) in [5, 5.41) is 22.0. The largest absolute Gasteiger partial charge is 0.465 e. The van der Waals surface area contributed by atoms with Crippen molar-refractivity contribution in [3.8, 4) is 11.3 Å². The van der Waals surface area contributed by atoms with Crippen LogP contribution in [0.1, 0.15) is 18.2 Å². The van der Waals surface area contributed by atoms with Crippen LogP contribution in [0.3, 0.4) is 0 Å². The van der Waals surface area contributed by atoms with Gasteiger partial charge in [-0.15, -0.1) is 11.3 Å². The van der Waals surface area contributed by atoms with Crippen LogP contribution in [0.4, 0.5) is 9.93 Å². The number of aliphatic hydroxyl groups is 1. The molecule has 1 fully saturated rings. The Morgan fingerprint density at radius 2 is 2.08 bits per heavy atom. The van der Waals surface area contributed by atoms with Crippen LogP contribution in [0.5, 0.6) is 0 Å². The van der Waals surface area contributed by atoms with Gasteiger partial charge in [-0.2, -0.15) is 0 Å². The van der Waals surface area contributed by atoms with E-state index >= 15 is 0 Å². The summed E-state index contributed by atoms with van der Waals surface area (Å²) in [5.74, 6) is -0.463. The molecule has 2 heterocycles. The number of anilines is 1. The molecule has 7 nitrogen and oxygen atoms in total. The molecule has 2 atom stereocenters. The molecular formula is C17H19N3O4S. The van der Waals surface area contributed by atoms with Crippen LogP contribution in [0.15, 0.2) is 30.3 Å². The van der Waals surface area contributed by atoms with Gasteiger partial charge in [-0.25, -0.2) is 9.78 Å². The highest BCUT2D eigenvalue weighted by Gasteiger charge is 2.39. The molecule has 1 saturated heterocycles. The molecule has 1 aliphatic heterocycles. The highest BCUT2D eigenvalue weighted by Crippen LogP contribution is 2.32. The number of hydrogen-bond donors (Lipinski definition) is 3. The molecule has 2 aromatic rings. The summed E-state index contributed by atoms with van der Waals surface area (Å²) < 4.78 is 0. The summed E-state index contributed by atoms with van der Waals surface area (Å²) in [6, 6.07) is 8.80. The topological polar surface area (TPSA) is 103 Å². The van der Waals surface area contributed by atoms with Crippen molar-refractivity contribution in [2.45, 2.75) is 31.9 Å². The summed E-state index contributed by atoms with van der Waals surface area (Å²) >= 11 is 1.38. The first-order chi connectivity index (χ1) is 12.0. The lowest BCUT2D eigenvalue weighted by atomic mass is 10.1. The summed E-state index contributed by atoms with van der Waals surface area (Å²) in [7, 11) is 0. The maximum atomic E-state index is 12.5. The monoisotopic (exact) mass is 361 g/mol. The van der Waals surface area contributed by atoms with Crippen molar-refractivity contribution < 1.29 is 19.8 Å². The van der Waals surface area contributed by atoms with Crippen LogP contribution in [0.2, 0.25) is 0 Å². The predicted octanol–water partition coefficient (Wildman–Crippen LogP) is 2.42. The Kier molecular flexibility index (Phi) is 5.00. The molecule has 0 bridgehead atoms. The van der Waals surface area contributed by atoms with Crippen molar-refractivity contribution in [1.29, 1.82) is 0 Å². The quantitative estimate of drug-likeness (QED) is 0.776. The minimum Gasteiger partial charge on any atom is -0.465 e. The molecule has 1 aromatic heterocycles. The lowest BCUT2D eigenvalue weighted by molar-refractivity contribution is -0.120. The van der Waals surface area contributed by atoms with Gasteiger partial charge in [0.05, 0.1) is 18.3 Å². The number of benzene rings is 1. The number of aliphatic hydroxyl groups excluding tert-OH is 1. The van der Waals surface area contributed by atoms with E-state index in [1.807, 2.05) is 37.3 Å². The predicted molar refractivity (Wildman–Crippen MR) is 94.7 cm³/mol. The average molecular weight is 361 g/mol. The molecule has 0 aliphatic carbocycles. The van der Waals surface area contributed by atoms with E-state index in [2.05, 4.69) is 10.3 Å². The summed E-state index contributed by atoms with van der Waals surface area (Å²) in [6.07, 6.45) is -1.17. The lowest BCUT2D eigenvalue weighted by Gasteiger charge is -2.19. The van der Waals surface area contributed by atoms with E-state index in [9.17, 15) is 19.8 Å². The molecule has 3 rings (SSSR count). The van der Waals surface area contributed by atoms with E-state index < -0.39 is 24.1 Å². The van der Waals surface area contributed by atoms with Gasteiger partial charge in [0.25, 0.3) is 0 Å². The molecule has 8 heteroatoms. The van der Waals surface area contributed by atoms with Gasteiger partial charge in [0.2, 0.25) is 5.91 Å². The van der Waals surface area contributed by atoms with Gasteiger partial charge in [-0.1, -0.05) is 37.3 Å². The minimum absolute atomic E-state index is 0.0548. The molecule has 25 heavy (non-hydrogen) atoms. The number of carboxylic acid groups (broad SMARTS) is 1. The van der Waals surface area contributed by atoms with E-state index in [4.69, 9.17) is 0 Å². The molecule has 0 saturated carbocycles. The van der Waals surface area contributed by atoms with Crippen LogP contribution in [0, 0.1) is 0 Å². The standard InChI is InChI=1S/C17H19N3O4S/c1-2-13-14(10-6-4-3-5-7-10)18-16(25-13)19-15(22)12-8-11(21)9-20(12)17(23)24/h3-7,11-12,21H,2,8-9H2,1H3,(H,23,24)(H,18,19,22)/t11-,12+/m1/s1. The number of thiazole rings is 1. The Bertz CT molecular complexity index is 777. The fraction of sp³-hybridized carbons (Fsp3) is 0.353. The Morgan fingerprint density at radius 3 is 2.72 bits per heavy atom. The van der Waals surface area contributed by atoms with Crippen LogP contribution in [-0.2, 0) is 11.2 Å². The number of carbonyl (C=O) groups excluding carboxylic acids is 1. The lowest BCUT2D eigenvalue weighted by Crippen LogP contribution is -2.42. The smallest absolute Gasteiger partial charge is 0.408 e. The van der Waals surface area contributed by atoms with Crippen LogP contribution >= 0.6 is 11.3 Å². The molecule has 0 radical (unpaired) electrons. The molecule has 2 amide bonds. The Labute approximate surface area is 148 Å². The molecule has 3 N–H and O–H groups in total. The van der Waals surface area contributed by atoms with Gasteiger partial charge in [-0.05, 0) is 6.42 Å². The number of nitrogens with zero attached hydrogens (tertiary/aromatic N) is 2. The third-order valence-electron chi connectivity index (χ3n) is 4.12. The Balaban J connectivity index is 1.80. The van der Waals surface area contributed by atoms with E-state index in [-0.39, 0.29) is 13.0 Å². The zero-order valence-electron chi connectivity index (χ0n) is 13.7. The van der Waals surface area contributed by atoms with E-state index in [0.717, 1.165) is 27.5 Å². The molecular weight excluding hydrogens is 342 g/mol. The second-order valence-electron chi connectivity index (χ2n) is 5.84. The number of carbonyl (C=O) groups is 2. The van der Waals surface area contributed by atoms with Gasteiger partial charge in [-0.3, -0.25) is 9.69 Å². The molecule has 1 aliphatic rings. The average Bonchev–Trinajstić information content (AvgIpc) is 3.19. The number of hydrogen-bond acceptors (Lipinski definition) is 5. The van der Waals surface area contributed by atoms with Crippen molar-refractivity contribution in [3.63, 3.8) is 0 Å². The number of rotatable bonds is 4. The highest BCUT2D eigenvalue weighted by molar-refractivity contribution is 7.16. The van der Waals surface area contributed by atoms with Crippen molar-refractivity contribution in [2.24, 2.45) is 0 Å². The van der Waals surface area contributed by atoms with E-state index in [1.165, 1.54) is 11.3 Å². The number of nitrogens with one attached hydrogen (secondary N) is 1. The first-order valence-electron chi connectivity index (χ1n) is 8.03. The summed E-state index contributed by atoms with van der Waals surface area (Å²) in [4.78, 5) is 30.2. The second-order valence-corrected chi connectivity index (χ2v) is 6.92. The summed E-state index contributed by atoms with van der Waals surface area (Å²) in [5.41, 5.74) is 1.80. The van der Waals surface area contributed by atoms with Crippen molar-refractivity contribution >= 4 is 28.5 Å². The maximum Gasteiger partial charge on any atom is 0.408 e. The molecule has 1 aromatic carbocycles. The first kappa shape index (κ1) is 17.4. The maximum absolute atomic E-state index is 12.5. The third kappa shape index (κ3) is 3.64. The Hall–Kier alpha value is -2.45. The van der Waals surface area contributed by atoms with Gasteiger partial charge in [0, 0.05) is 16.9 Å². The molecule has 0 spiro atoms. The van der Waals surface area contributed by atoms with Crippen molar-refractivity contribution in [1.82, 2.24) is 9.88 Å². The Morgan fingerprint density at radius 1 is 1.36 bits per heavy atom.